The summed E-state index contributed by atoms with van der Waals surface area (Å²) in [6.45, 7) is 1.96. The zero-order valence-corrected chi connectivity index (χ0v) is 11.5. The average molecular weight is 282 g/mol. The Labute approximate surface area is 121 Å². The molecule has 0 aliphatic carbocycles. The number of phenolic OH excluding ortho intramolecular Hbond substituents is 1. The standard InChI is InChI=1S/C16H14N2O3/c1-10-8-17-14(21-10)9-18-16(20)13-7-6-11-4-2-3-5-12(11)15(13)19/h2-8,19H,9H2,1H3,(H,18,20). The van der Waals surface area contributed by atoms with Gasteiger partial charge in [-0.05, 0) is 18.4 Å². The first-order valence-corrected chi connectivity index (χ1v) is 6.55. The minimum atomic E-state index is -0.367. The van der Waals surface area contributed by atoms with Crippen molar-refractivity contribution < 1.29 is 14.3 Å². The van der Waals surface area contributed by atoms with Crippen molar-refractivity contribution in [2.75, 3.05) is 0 Å². The van der Waals surface area contributed by atoms with Crippen molar-refractivity contribution in [3.8, 4) is 5.75 Å². The Balaban J connectivity index is 1.82. The molecule has 3 aromatic rings. The van der Waals surface area contributed by atoms with Gasteiger partial charge >= 0.3 is 0 Å². The fourth-order valence-electron chi connectivity index (χ4n) is 2.17. The lowest BCUT2D eigenvalue weighted by Gasteiger charge is -2.08. The molecule has 3 rings (SSSR count). The monoisotopic (exact) mass is 282 g/mol. The minimum absolute atomic E-state index is 0.0193. The average Bonchev–Trinajstić information content (AvgIpc) is 2.91. The normalized spacial score (nSPS) is 10.7. The van der Waals surface area contributed by atoms with Crippen LogP contribution in [0.5, 0.6) is 5.75 Å². The fraction of sp³-hybridized carbons (Fsp3) is 0.125. The van der Waals surface area contributed by atoms with Gasteiger partial charge in [0, 0.05) is 5.39 Å². The third-order valence-corrected chi connectivity index (χ3v) is 3.21. The lowest BCUT2D eigenvalue weighted by molar-refractivity contribution is 0.0944. The summed E-state index contributed by atoms with van der Waals surface area (Å²) in [7, 11) is 0. The molecule has 0 radical (unpaired) electrons. The number of benzene rings is 2. The first kappa shape index (κ1) is 13.2. The van der Waals surface area contributed by atoms with Crippen LogP contribution < -0.4 is 5.32 Å². The number of carbonyl (C=O) groups is 1. The molecule has 0 bridgehead atoms. The predicted octanol–water partition coefficient (Wildman–Crippen LogP) is 2.77. The second-order valence-corrected chi connectivity index (χ2v) is 4.73. The molecule has 0 spiro atoms. The molecule has 0 fully saturated rings. The van der Waals surface area contributed by atoms with E-state index in [-0.39, 0.29) is 23.8 Å². The number of aryl methyl sites for hydroxylation is 1. The molecule has 0 saturated carbocycles. The number of nitrogens with one attached hydrogen (secondary N) is 1. The Bertz CT molecular complexity index is 808. The van der Waals surface area contributed by atoms with E-state index in [0.29, 0.717) is 17.0 Å². The van der Waals surface area contributed by atoms with Crippen LogP contribution in [-0.4, -0.2) is 16.0 Å². The van der Waals surface area contributed by atoms with E-state index in [0.717, 1.165) is 5.39 Å². The van der Waals surface area contributed by atoms with E-state index in [2.05, 4.69) is 10.3 Å². The van der Waals surface area contributed by atoms with Gasteiger partial charge in [-0.15, -0.1) is 0 Å². The zero-order valence-electron chi connectivity index (χ0n) is 11.5. The molecular weight excluding hydrogens is 268 g/mol. The van der Waals surface area contributed by atoms with Crippen LogP contribution in [-0.2, 0) is 6.54 Å². The van der Waals surface area contributed by atoms with Gasteiger partial charge in [-0.1, -0.05) is 30.3 Å². The highest BCUT2D eigenvalue weighted by atomic mass is 16.4. The van der Waals surface area contributed by atoms with Crippen molar-refractivity contribution in [1.82, 2.24) is 10.3 Å². The summed E-state index contributed by atoms with van der Waals surface area (Å²) in [6, 6.07) is 10.8. The Hall–Kier alpha value is -2.82. The van der Waals surface area contributed by atoms with E-state index in [4.69, 9.17) is 4.42 Å². The van der Waals surface area contributed by atoms with Gasteiger partial charge < -0.3 is 14.8 Å². The van der Waals surface area contributed by atoms with Crippen molar-refractivity contribution in [3.05, 3.63) is 59.8 Å². The molecular formula is C16H14N2O3. The zero-order chi connectivity index (χ0) is 14.8. The van der Waals surface area contributed by atoms with E-state index in [1.54, 1.807) is 31.3 Å². The van der Waals surface area contributed by atoms with Crippen LogP contribution in [0.1, 0.15) is 22.0 Å². The summed E-state index contributed by atoms with van der Waals surface area (Å²) < 4.78 is 5.28. The van der Waals surface area contributed by atoms with Crippen LogP contribution in [0.3, 0.4) is 0 Å². The van der Waals surface area contributed by atoms with E-state index in [1.165, 1.54) is 0 Å². The van der Waals surface area contributed by atoms with Gasteiger partial charge in [0.1, 0.15) is 11.5 Å². The summed E-state index contributed by atoms with van der Waals surface area (Å²) in [5, 5.41) is 14.4. The minimum Gasteiger partial charge on any atom is -0.506 e. The first-order valence-electron chi connectivity index (χ1n) is 6.55. The second-order valence-electron chi connectivity index (χ2n) is 4.73. The lowest BCUT2D eigenvalue weighted by Crippen LogP contribution is -2.23. The smallest absolute Gasteiger partial charge is 0.255 e. The van der Waals surface area contributed by atoms with Gasteiger partial charge in [0.25, 0.3) is 5.91 Å². The third-order valence-electron chi connectivity index (χ3n) is 3.21. The van der Waals surface area contributed by atoms with E-state index in [9.17, 15) is 9.90 Å². The molecule has 1 amide bonds. The molecule has 21 heavy (non-hydrogen) atoms. The number of rotatable bonds is 3. The maximum Gasteiger partial charge on any atom is 0.255 e. The summed E-state index contributed by atoms with van der Waals surface area (Å²) >= 11 is 0. The highest BCUT2D eigenvalue weighted by Gasteiger charge is 2.14. The number of amides is 1. The molecule has 0 saturated heterocycles. The molecule has 1 aromatic heterocycles. The quantitative estimate of drug-likeness (QED) is 0.774. The molecule has 0 atom stereocenters. The SMILES string of the molecule is Cc1cnc(CNC(=O)c2ccc3ccccc3c2O)o1. The van der Waals surface area contributed by atoms with Crippen LogP contribution >= 0.6 is 0 Å². The molecule has 2 aromatic carbocycles. The van der Waals surface area contributed by atoms with Crippen LogP contribution in [0.2, 0.25) is 0 Å². The molecule has 0 aliphatic rings. The number of aromatic hydroxyl groups is 1. The highest BCUT2D eigenvalue weighted by Crippen LogP contribution is 2.28. The highest BCUT2D eigenvalue weighted by molar-refractivity contribution is 6.03. The van der Waals surface area contributed by atoms with Crippen molar-refractivity contribution >= 4 is 16.7 Å². The largest absolute Gasteiger partial charge is 0.506 e. The van der Waals surface area contributed by atoms with Crippen LogP contribution in [0.4, 0.5) is 0 Å². The number of hydrogen-bond donors (Lipinski definition) is 2. The van der Waals surface area contributed by atoms with Gasteiger partial charge in [0.2, 0.25) is 5.89 Å². The van der Waals surface area contributed by atoms with Crippen molar-refractivity contribution in [3.63, 3.8) is 0 Å². The molecule has 2 N–H and O–H groups in total. The third kappa shape index (κ3) is 2.58. The van der Waals surface area contributed by atoms with E-state index >= 15 is 0 Å². The Morgan fingerprint density at radius 2 is 2.10 bits per heavy atom. The number of aromatic nitrogens is 1. The molecule has 0 aliphatic heterocycles. The molecule has 1 heterocycles. The molecule has 0 unspecified atom stereocenters. The van der Waals surface area contributed by atoms with Crippen LogP contribution in [0.15, 0.2) is 47.0 Å². The number of phenols is 1. The van der Waals surface area contributed by atoms with E-state index in [1.807, 2.05) is 18.2 Å². The van der Waals surface area contributed by atoms with Gasteiger partial charge in [-0.2, -0.15) is 0 Å². The summed E-state index contributed by atoms with van der Waals surface area (Å²) in [6.07, 6.45) is 1.59. The molecule has 5 nitrogen and oxygen atoms in total. The topological polar surface area (TPSA) is 75.4 Å². The van der Waals surface area contributed by atoms with Crippen molar-refractivity contribution in [2.24, 2.45) is 0 Å². The maximum atomic E-state index is 12.1. The van der Waals surface area contributed by atoms with Gasteiger partial charge in [0.15, 0.2) is 0 Å². The van der Waals surface area contributed by atoms with Gasteiger partial charge in [-0.3, -0.25) is 4.79 Å². The summed E-state index contributed by atoms with van der Waals surface area (Å²) in [5.41, 5.74) is 0.233. The number of carbonyl (C=O) groups excluding carboxylic acids is 1. The van der Waals surface area contributed by atoms with Crippen molar-refractivity contribution in [2.45, 2.75) is 13.5 Å². The summed E-state index contributed by atoms with van der Waals surface area (Å²) in [4.78, 5) is 16.2. The predicted molar refractivity (Wildman–Crippen MR) is 78.0 cm³/mol. The fourth-order valence-corrected chi connectivity index (χ4v) is 2.17. The maximum absolute atomic E-state index is 12.1. The van der Waals surface area contributed by atoms with Crippen molar-refractivity contribution in [1.29, 1.82) is 0 Å². The summed E-state index contributed by atoms with van der Waals surface area (Å²) in [5.74, 6) is 0.734. The molecule has 5 heteroatoms. The van der Waals surface area contributed by atoms with Crippen LogP contribution in [0, 0.1) is 6.92 Å². The number of nitrogens with zero attached hydrogens (tertiary/aromatic N) is 1. The second kappa shape index (κ2) is 5.28. The van der Waals surface area contributed by atoms with Gasteiger partial charge in [-0.25, -0.2) is 4.98 Å². The Morgan fingerprint density at radius 1 is 1.29 bits per heavy atom. The molecule has 106 valence electrons. The lowest BCUT2D eigenvalue weighted by atomic mass is 10.0. The van der Waals surface area contributed by atoms with Gasteiger partial charge in [0.05, 0.1) is 18.3 Å². The first-order chi connectivity index (χ1) is 10.1. The Kier molecular flexibility index (Phi) is 3.31. The number of hydrogen-bond acceptors (Lipinski definition) is 4. The Morgan fingerprint density at radius 3 is 2.86 bits per heavy atom. The van der Waals surface area contributed by atoms with Crippen LogP contribution in [0.25, 0.3) is 10.8 Å². The number of oxazole rings is 1. The van der Waals surface area contributed by atoms with E-state index < -0.39 is 0 Å². The number of fused-ring (bicyclic) bond motifs is 1.